The van der Waals surface area contributed by atoms with Gasteiger partial charge in [-0.05, 0) is 61.9 Å². The molecule has 0 spiro atoms. The largest absolute Gasteiger partial charge is 0.370 e. The van der Waals surface area contributed by atoms with Crippen molar-refractivity contribution in [1.82, 2.24) is 15.1 Å². The van der Waals surface area contributed by atoms with Crippen LogP contribution in [-0.4, -0.2) is 48.5 Å². The molecular weight excluding hydrogens is 382 g/mol. The summed E-state index contributed by atoms with van der Waals surface area (Å²) in [6.45, 7) is 18.9. The Morgan fingerprint density at radius 3 is 2.61 bits per heavy atom. The zero-order valence-electron chi connectivity index (χ0n) is 20.6. The minimum atomic E-state index is 0.220. The molecule has 0 amide bonds. The molecule has 0 aliphatic carbocycles. The summed E-state index contributed by atoms with van der Waals surface area (Å²) < 4.78 is 0. The Kier molecular flexibility index (Phi) is 9.63. The molecule has 1 unspecified atom stereocenters. The van der Waals surface area contributed by atoms with Crippen LogP contribution in [0.25, 0.3) is 0 Å². The molecule has 2 rings (SSSR count). The zero-order chi connectivity index (χ0) is 23.0. The lowest BCUT2D eigenvalue weighted by Gasteiger charge is -2.34. The van der Waals surface area contributed by atoms with Crippen LogP contribution < -0.4 is 11.1 Å². The van der Waals surface area contributed by atoms with Gasteiger partial charge in [0.15, 0.2) is 5.96 Å². The molecule has 1 aromatic carbocycles. The maximum Gasteiger partial charge on any atom is 0.198 e. The van der Waals surface area contributed by atoms with Crippen molar-refractivity contribution < 1.29 is 0 Å². The van der Waals surface area contributed by atoms with Crippen LogP contribution in [0, 0.1) is 0 Å². The standard InChI is InChI=1S/C26H43N5/c1-8-11-14-28-25-24(20(6)30(7)26(27)29-25)16-23-13-12-21(15-22(23)9-2)18-31(10-3)17-19(4)5/h12-13,15,20,28H,4,8-11,14,16-18H2,1-3,5-7H3,(H2,27,29). The fourth-order valence-electron chi connectivity index (χ4n) is 4.07. The summed E-state index contributed by atoms with van der Waals surface area (Å²) in [5.74, 6) is 1.54. The van der Waals surface area contributed by atoms with E-state index in [2.05, 4.69) is 79.5 Å². The van der Waals surface area contributed by atoms with Gasteiger partial charge in [-0.2, -0.15) is 4.99 Å². The number of benzene rings is 1. The van der Waals surface area contributed by atoms with Gasteiger partial charge in [-0.1, -0.05) is 57.5 Å². The number of nitrogens with zero attached hydrogens (tertiary/aromatic N) is 3. The monoisotopic (exact) mass is 425 g/mol. The second-order valence-electron chi connectivity index (χ2n) is 8.80. The zero-order valence-corrected chi connectivity index (χ0v) is 20.6. The molecule has 0 bridgehead atoms. The van der Waals surface area contributed by atoms with Gasteiger partial charge in [-0.15, -0.1) is 0 Å². The topological polar surface area (TPSA) is 56.9 Å². The average Bonchev–Trinajstić information content (AvgIpc) is 2.74. The number of aryl methyl sites for hydroxylation is 1. The highest BCUT2D eigenvalue weighted by Crippen LogP contribution is 2.25. The first-order chi connectivity index (χ1) is 14.8. The van der Waals surface area contributed by atoms with Crippen molar-refractivity contribution >= 4 is 5.96 Å². The second-order valence-corrected chi connectivity index (χ2v) is 8.80. The number of unbranched alkanes of at least 4 members (excludes halogenated alkanes) is 1. The molecule has 0 saturated heterocycles. The van der Waals surface area contributed by atoms with E-state index in [0.29, 0.717) is 5.96 Å². The van der Waals surface area contributed by atoms with Gasteiger partial charge in [-0.3, -0.25) is 4.90 Å². The van der Waals surface area contributed by atoms with Gasteiger partial charge in [-0.25, -0.2) is 0 Å². The smallest absolute Gasteiger partial charge is 0.198 e. The summed E-state index contributed by atoms with van der Waals surface area (Å²) in [5, 5.41) is 3.55. The third kappa shape index (κ3) is 6.86. The van der Waals surface area contributed by atoms with Gasteiger partial charge in [0.05, 0.1) is 6.04 Å². The van der Waals surface area contributed by atoms with Gasteiger partial charge >= 0.3 is 0 Å². The molecule has 0 saturated carbocycles. The van der Waals surface area contributed by atoms with E-state index in [1.807, 2.05) is 7.05 Å². The van der Waals surface area contributed by atoms with Gasteiger partial charge < -0.3 is 16.0 Å². The Balaban J connectivity index is 2.29. The Bertz CT molecular complexity index is 808. The van der Waals surface area contributed by atoms with Crippen LogP contribution in [0.3, 0.4) is 0 Å². The fraction of sp³-hybridized carbons (Fsp3) is 0.577. The fourth-order valence-corrected chi connectivity index (χ4v) is 4.07. The quantitative estimate of drug-likeness (QED) is 0.384. The van der Waals surface area contributed by atoms with E-state index in [9.17, 15) is 0 Å². The van der Waals surface area contributed by atoms with Crippen LogP contribution in [0.2, 0.25) is 0 Å². The van der Waals surface area contributed by atoms with Crippen LogP contribution in [0.5, 0.6) is 0 Å². The number of rotatable bonds is 12. The first kappa shape index (κ1) is 25.0. The van der Waals surface area contributed by atoms with Crippen molar-refractivity contribution in [2.24, 2.45) is 10.7 Å². The molecule has 3 N–H and O–H groups in total. The van der Waals surface area contributed by atoms with Crippen molar-refractivity contribution in [2.75, 3.05) is 26.7 Å². The maximum atomic E-state index is 6.18. The second kappa shape index (κ2) is 11.9. The summed E-state index contributed by atoms with van der Waals surface area (Å²) in [6.07, 6.45) is 4.20. The lowest BCUT2D eigenvalue weighted by Crippen LogP contribution is -2.46. The Morgan fingerprint density at radius 2 is 2.00 bits per heavy atom. The van der Waals surface area contributed by atoms with E-state index in [0.717, 1.165) is 57.7 Å². The van der Waals surface area contributed by atoms with Crippen molar-refractivity contribution in [1.29, 1.82) is 0 Å². The third-order valence-corrected chi connectivity index (χ3v) is 6.18. The summed E-state index contributed by atoms with van der Waals surface area (Å²) in [7, 11) is 2.02. The van der Waals surface area contributed by atoms with Crippen LogP contribution in [0.1, 0.15) is 64.2 Å². The highest BCUT2D eigenvalue weighted by Gasteiger charge is 2.25. The normalized spacial score (nSPS) is 16.7. The molecule has 1 aliphatic heterocycles. The molecular formula is C26H43N5. The lowest BCUT2D eigenvalue weighted by molar-refractivity contribution is 0.304. The molecule has 1 aromatic rings. The number of nitrogens with two attached hydrogens (primary N) is 1. The first-order valence-electron chi connectivity index (χ1n) is 11.8. The Morgan fingerprint density at radius 1 is 1.26 bits per heavy atom. The number of aliphatic imine (C=N–C) groups is 1. The Labute approximate surface area is 190 Å². The van der Waals surface area contributed by atoms with Gasteiger partial charge in [0.2, 0.25) is 0 Å². The molecule has 0 aromatic heterocycles. The SMILES string of the molecule is C=C(C)CN(CC)Cc1ccc(CC2=C(NCCCC)N=C(N)N(C)C2C)c(CC)c1. The van der Waals surface area contributed by atoms with Crippen molar-refractivity contribution in [2.45, 2.75) is 72.9 Å². The van der Waals surface area contributed by atoms with Gasteiger partial charge in [0.1, 0.15) is 5.82 Å². The van der Waals surface area contributed by atoms with E-state index in [1.54, 1.807) is 0 Å². The van der Waals surface area contributed by atoms with Gasteiger partial charge in [0.25, 0.3) is 0 Å². The van der Waals surface area contributed by atoms with E-state index in [4.69, 9.17) is 5.73 Å². The molecule has 1 aliphatic rings. The maximum absolute atomic E-state index is 6.18. The molecule has 5 heteroatoms. The van der Waals surface area contributed by atoms with Gasteiger partial charge in [0, 0.05) is 26.7 Å². The van der Waals surface area contributed by atoms with Crippen LogP contribution >= 0.6 is 0 Å². The minimum Gasteiger partial charge on any atom is -0.370 e. The number of guanidine groups is 1. The predicted molar refractivity (Wildman–Crippen MR) is 134 cm³/mol. The predicted octanol–water partition coefficient (Wildman–Crippen LogP) is 4.44. The van der Waals surface area contributed by atoms with E-state index < -0.39 is 0 Å². The average molecular weight is 426 g/mol. The highest BCUT2D eigenvalue weighted by atomic mass is 15.3. The van der Waals surface area contributed by atoms with Crippen molar-refractivity contribution in [3.63, 3.8) is 0 Å². The summed E-state index contributed by atoms with van der Waals surface area (Å²) in [5.41, 5.74) is 12.9. The van der Waals surface area contributed by atoms with Crippen molar-refractivity contribution in [3.05, 3.63) is 58.4 Å². The first-order valence-corrected chi connectivity index (χ1v) is 11.8. The third-order valence-electron chi connectivity index (χ3n) is 6.18. The summed E-state index contributed by atoms with van der Waals surface area (Å²) >= 11 is 0. The van der Waals surface area contributed by atoms with E-state index in [1.165, 1.54) is 27.8 Å². The molecule has 172 valence electrons. The molecule has 0 fully saturated rings. The minimum absolute atomic E-state index is 0.220. The van der Waals surface area contributed by atoms with Crippen LogP contribution in [0.15, 0.2) is 46.7 Å². The Hall–Kier alpha value is -2.27. The molecule has 5 nitrogen and oxygen atoms in total. The number of hydrogen-bond acceptors (Lipinski definition) is 5. The highest BCUT2D eigenvalue weighted by molar-refractivity contribution is 5.81. The molecule has 1 heterocycles. The summed E-state index contributed by atoms with van der Waals surface area (Å²) in [6, 6.07) is 7.20. The number of hydrogen-bond donors (Lipinski definition) is 2. The number of likely N-dealkylation sites (N-methyl/N-ethyl adjacent to an activating group) is 2. The molecule has 31 heavy (non-hydrogen) atoms. The molecule has 0 radical (unpaired) electrons. The van der Waals surface area contributed by atoms with E-state index >= 15 is 0 Å². The summed E-state index contributed by atoms with van der Waals surface area (Å²) in [4.78, 5) is 9.19. The lowest BCUT2D eigenvalue weighted by atomic mass is 9.92. The van der Waals surface area contributed by atoms with Crippen LogP contribution in [0.4, 0.5) is 0 Å². The van der Waals surface area contributed by atoms with Crippen molar-refractivity contribution in [3.8, 4) is 0 Å². The van der Waals surface area contributed by atoms with E-state index in [-0.39, 0.29) is 6.04 Å². The van der Waals surface area contributed by atoms with Crippen LogP contribution in [-0.2, 0) is 19.4 Å². The number of nitrogens with one attached hydrogen (secondary N) is 1. The molecule has 1 atom stereocenters.